The Labute approximate surface area is 188 Å². The van der Waals surface area contributed by atoms with E-state index in [2.05, 4.69) is 102 Å². The van der Waals surface area contributed by atoms with Crippen LogP contribution >= 0.6 is 0 Å². The first-order valence-corrected chi connectivity index (χ1v) is 11.1. The number of hydrogen-bond donors (Lipinski definition) is 1. The maximum absolute atomic E-state index is 6.34. The zero-order valence-corrected chi connectivity index (χ0v) is 17.8. The van der Waals surface area contributed by atoms with Crippen LogP contribution in [-0.4, -0.2) is 4.57 Å². The molecule has 0 bridgehead atoms. The van der Waals surface area contributed by atoms with E-state index >= 15 is 0 Å². The number of nitrogen functional groups attached to an aromatic ring is 1. The van der Waals surface area contributed by atoms with Gasteiger partial charge in [-0.1, -0.05) is 66.7 Å². The molecule has 2 nitrogen and oxygen atoms in total. The summed E-state index contributed by atoms with van der Waals surface area (Å²) in [7, 11) is 0. The maximum Gasteiger partial charge on any atom is 0.0538 e. The Morgan fingerprint density at radius 2 is 1.41 bits per heavy atom. The molecule has 4 aromatic carbocycles. The average molecular weight is 413 g/mol. The fraction of sp³-hybridized carbons (Fsp3) is 0.0667. The van der Waals surface area contributed by atoms with Gasteiger partial charge < -0.3 is 10.3 Å². The summed E-state index contributed by atoms with van der Waals surface area (Å²) in [6, 6.07) is 34.2. The third-order valence-corrected chi connectivity index (χ3v) is 6.44. The van der Waals surface area contributed by atoms with Crippen molar-refractivity contribution in [3.05, 3.63) is 114 Å². The van der Waals surface area contributed by atoms with E-state index in [1.165, 1.54) is 39.0 Å². The molecule has 1 aliphatic carbocycles. The van der Waals surface area contributed by atoms with Gasteiger partial charge in [-0.05, 0) is 77.6 Å². The van der Waals surface area contributed by atoms with Gasteiger partial charge in [0.15, 0.2) is 0 Å². The maximum atomic E-state index is 6.34. The molecule has 0 amide bonds. The van der Waals surface area contributed by atoms with Crippen LogP contribution in [0.5, 0.6) is 0 Å². The molecule has 0 radical (unpaired) electrons. The molecule has 0 fully saturated rings. The normalized spacial score (nSPS) is 12.8. The van der Waals surface area contributed by atoms with Gasteiger partial charge in [-0.25, -0.2) is 0 Å². The summed E-state index contributed by atoms with van der Waals surface area (Å²) in [6.45, 7) is 0. The standard InChI is InChI=1S/C30H24N2/c31-28-17-15-22(19-26(28)21-9-3-1-4-10-21)23-16-18-30-27(20-23)25-13-7-8-14-29(25)32(30)24-11-5-2-6-12-24/h1-6,8-12,14-20H,7,13,31H2. The van der Waals surface area contributed by atoms with E-state index in [-0.39, 0.29) is 0 Å². The van der Waals surface area contributed by atoms with Gasteiger partial charge in [-0.2, -0.15) is 0 Å². The number of nitrogens with two attached hydrogens (primary N) is 1. The average Bonchev–Trinajstić information content (AvgIpc) is 3.19. The number of aryl methyl sites for hydroxylation is 1. The molecule has 1 aliphatic rings. The van der Waals surface area contributed by atoms with Crippen molar-refractivity contribution < 1.29 is 0 Å². The van der Waals surface area contributed by atoms with E-state index in [1.54, 1.807) is 0 Å². The summed E-state index contributed by atoms with van der Waals surface area (Å²) in [6.07, 6.45) is 6.73. The monoisotopic (exact) mass is 412 g/mol. The van der Waals surface area contributed by atoms with Gasteiger partial charge >= 0.3 is 0 Å². The van der Waals surface area contributed by atoms with Crippen LogP contribution in [0.2, 0.25) is 0 Å². The summed E-state index contributed by atoms with van der Waals surface area (Å²) < 4.78 is 2.39. The molecule has 1 aromatic heterocycles. The zero-order valence-electron chi connectivity index (χ0n) is 17.8. The number of anilines is 1. The molecular weight excluding hydrogens is 388 g/mol. The smallest absolute Gasteiger partial charge is 0.0538 e. The molecule has 0 spiro atoms. The molecule has 5 aromatic rings. The molecule has 2 heteroatoms. The minimum absolute atomic E-state index is 0.804. The van der Waals surface area contributed by atoms with Crippen molar-refractivity contribution in [2.75, 3.05) is 5.73 Å². The van der Waals surface area contributed by atoms with E-state index in [9.17, 15) is 0 Å². The van der Waals surface area contributed by atoms with Crippen LogP contribution in [0.3, 0.4) is 0 Å². The van der Waals surface area contributed by atoms with Crippen LogP contribution in [0.25, 0.3) is 44.9 Å². The minimum atomic E-state index is 0.804. The number of allylic oxidation sites excluding steroid dienone is 1. The summed E-state index contributed by atoms with van der Waals surface area (Å²) in [5, 5.41) is 1.34. The first-order valence-electron chi connectivity index (χ1n) is 11.1. The van der Waals surface area contributed by atoms with E-state index in [1.807, 2.05) is 12.1 Å². The van der Waals surface area contributed by atoms with Gasteiger partial charge in [-0.15, -0.1) is 0 Å². The van der Waals surface area contributed by atoms with Crippen LogP contribution in [0.15, 0.2) is 103 Å². The lowest BCUT2D eigenvalue weighted by Crippen LogP contribution is -1.99. The number of benzene rings is 4. The Morgan fingerprint density at radius 1 is 0.688 bits per heavy atom. The Kier molecular flexibility index (Phi) is 4.43. The molecule has 6 rings (SSSR count). The SMILES string of the molecule is Nc1ccc(-c2ccc3c(c2)c2c(n3-c3ccccc3)C=CCC2)cc1-c1ccccc1. The lowest BCUT2D eigenvalue weighted by molar-refractivity contribution is 0.967. The fourth-order valence-corrected chi connectivity index (χ4v) is 4.87. The predicted octanol–water partition coefficient (Wildman–Crippen LogP) is 7.51. The van der Waals surface area contributed by atoms with Crippen LogP contribution in [0.1, 0.15) is 17.7 Å². The second-order valence-electron chi connectivity index (χ2n) is 8.38. The summed E-state index contributed by atoms with van der Waals surface area (Å²) in [5.74, 6) is 0. The molecule has 2 N–H and O–H groups in total. The summed E-state index contributed by atoms with van der Waals surface area (Å²) in [4.78, 5) is 0. The summed E-state index contributed by atoms with van der Waals surface area (Å²) >= 11 is 0. The van der Waals surface area contributed by atoms with Gasteiger partial charge in [-0.3, -0.25) is 0 Å². The third kappa shape index (κ3) is 3.04. The number of aromatic nitrogens is 1. The van der Waals surface area contributed by atoms with Crippen LogP contribution in [0.4, 0.5) is 5.69 Å². The van der Waals surface area contributed by atoms with E-state index in [0.29, 0.717) is 0 Å². The van der Waals surface area contributed by atoms with Crippen molar-refractivity contribution in [2.24, 2.45) is 0 Å². The molecule has 1 heterocycles. The highest BCUT2D eigenvalue weighted by Crippen LogP contribution is 2.37. The van der Waals surface area contributed by atoms with Crippen molar-refractivity contribution in [1.29, 1.82) is 0 Å². The van der Waals surface area contributed by atoms with E-state index < -0.39 is 0 Å². The second-order valence-corrected chi connectivity index (χ2v) is 8.38. The molecule has 32 heavy (non-hydrogen) atoms. The zero-order chi connectivity index (χ0) is 21.5. The number of para-hydroxylation sites is 1. The Hall–Kier alpha value is -4.04. The quantitative estimate of drug-likeness (QED) is 0.305. The molecule has 154 valence electrons. The first kappa shape index (κ1) is 18.7. The van der Waals surface area contributed by atoms with Crippen molar-refractivity contribution >= 4 is 22.7 Å². The number of fused-ring (bicyclic) bond motifs is 3. The first-order chi connectivity index (χ1) is 15.8. The Bertz CT molecular complexity index is 1460. The molecular formula is C30H24N2. The van der Waals surface area contributed by atoms with Crippen molar-refractivity contribution in [2.45, 2.75) is 12.8 Å². The second kappa shape index (κ2) is 7.58. The highest BCUT2D eigenvalue weighted by molar-refractivity contribution is 5.94. The Morgan fingerprint density at radius 3 is 2.22 bits per heavy atom. The van der Waals surface area contributed by atoms with Gasteiger partial charge in [0, 0.05) is 28.0 Å². The van der Waals surface area contributed by atoms with E-state index in [4.69, 9.17) is 5.73 Å². The van der Waals surface area contributed by atoms with Crippen LogP contribution in [0, 0.1) is 0 Å². The Balaban J connectivity index is 1.54. The van der Waals surface area contributed by atoms with Crippen LogP contribution in [-0.2, 0) is 6.42 Å². The minimum Gasteiger partial charge on any atom is -0.398 e. The number of nitrogens with zero attached hydrogens (tertiary/aromatic N) is 1. The lowest BCUT2D eigenvalue weighted by Gasteiger charge is -2.11. The number of rotatable bonds is 3. The van der Waals surface area contributed by atoms with E-state index in [0.717, 1.165) is 29.7 Å². The van der Waals surface area contributed by atoms with Gasteiger partial charge in [0.25, 0.3) is 0 Å². The molecule has 0 saturated heterocycles. The van der Waals surface area contributed by atoms with Gasteiger partial charge in [0.05, 0.1) is 5.52 Å². The largest absolute Gasteiger partial charge is 0.398 e. The lowest BCUT2D eigenvalue weighted by atomic mass is 9.95. The molecule has 0 unspecified atom stereocenters. The van der Waals surface area contributed by atoms with Crippen molar-refractivity contribution in [3.63, 3.8) is 0 Å². The molecule has 0 aliphatic heterocycles. The van der Waals surface area contributed by atoms with Gasteiger partial charge in [0.1, 0.15) is 0 Å². The predicted molar refractivity (Wildman–Crippen MR) is 136 cm³/mol. The van der Waals surface area contributed by atoms with Crippen molar-refractivity contribution in [1.82, 2.24) is 4.57 Å². The highest BCUT2D eigenvalue weighted by atomic mass is 15.0. The fourth-order valence-electron chi connectivity index (χ4n) is 4.87. The number of hydrogen-bond acceptors (Lipinski definition) is 1. The summed E-state index contributed by atoms with van der Waals surface area (Å²) in [5.41, 5.74) is 17.0. The van der Waals surface area contributed by atoms with Crippen LogP contribution < -0.4 is 5.73 Å². The molecule has 0 atom stereocenters. The third-order valence-electron chi connectivity index (χ3n) is 6.44. The topological polar surface area (TPSA) is 30.9 Å². The van der Waals surface area contributed by atoms with Gasteiger partial charge in [0.2, 0.25) is 0 Å². The van der Waals surface area contributed by atoms with Crippen molar-refractivity contribution in [3.8, 4) is 27.9 Å². The highest BCUT2D eigenvalue weighted by Gasteiger charge is 2.19. The molecule has 0 saturated carbocycles.